The predicted octanol–water partition coefficient (Wildman–Crippen LogP) is 3.15. The van der Waals surface area contributed by atoms with Crippen molar-refractivity contribution in [1.29, 1.82) is 0 Å². The largest absolute Gasteiger partial charge is 0.371 e. The molecule has 0 saturated carbocycles. The van der Waals surface area contributed by atoms with Crippen LogP contribution < -0.4 is 15.5 Å². The van der Waals surface area contributed by atoms with Crippen molar-refractivity contribution in [3.8, 4) is 0 Å². The third-order valence-electron chi connectivity index (χ3n) is 4.32. The number of hydrogen-bond acceptors (Lipinski definition) is 2. The topological polar surface area (TPSA) is 44.4 Å². The molecule has 1 saturated heterocycles. The Bertz CT molecular complexity index is 660. The van der Waals surface area contributed by atoms with E-state index in [4.69, 9.17) is 0 Å². The van der Waals surface area contributed by atoms with Gasteiger partial charge in [-0.25, -0.2) is 9.18 Å². The van der Waals surface area contributed by atoms with E-state index in [-0.39, 0.29) is 11.8 Å². The first-order valence-corrected chi connectivity index (χ1v) is 8.27. The summed E-state index contributed by atoms with van der Waals surface area (Å²) in [6.07, 6.45) is 1.02. The van der Waals surface area contributed by atoms with Crippen LogP contribution in [-0.2, 0) is 6.54 Å². The highest BCUT2D eigenvalue weighted by atomic mass is 19.1. The van der Waals surface area contributed by atoms with Crippen LogP contribution in [-0.4, -0.2) is 25.7 Å². The summed E-state index contributed by atoms with van der Waals surface area (Å²) in [6, 6.07) is 16.3. The van der Waals surface area contributed by atoms with E-state index in [1.165, 1.54) is 12.1 Å². The third-order valence-corrected chi connectivity index (χ3v) is 4.32. The lowest BCUT2D eigenvalue weighted by Gasteiger charge is -2.19. The number of halogens is 1. The van der Waals surface area contributed by atoms with E-state index >= 15 is 0 Å². The molecule has 0 spiro atoms. The van der Waals surface area contributed by atoms with E-state index in [0.29, 0.717) is 19.0 Å². The quantitative estimate of drug-likeness (QED) is 0.886. The first-order valence-electron chi connectivity index (χ1n) is 8.27. The number of nitrogens with zero attached hydrogens (tertiary/aromatic N) is 1. The van der Waals surface area contributed by atoms with Gasteiger partial charge in [0.15, 0.2) is 0 Å². The van der Waals surface area contributed by atoms with Gasteiger partial charge in [-0.3, -0.25) is 0 Å². The normalized spacial score (nSPS) is 16.9. The number of rotatable bonds is 5. The van der Waals surface area contributed by atoms with E-state index in [0.717, 1.165) is 30.8 Å². The van der Waals surface area contributed by atoms with Crippen LogP contribution in [0.25, 0.3) is 0 Å². The number of nitrogens with one attached hydrogen (secondary N) is 2. The second-order valence-electron chi connectivity index (χ2n) is 6.13. The Labute approximate surface area is 141 Å². The number of carbonyl (C=O) groups excluding carboxylic acids is 1. The average Bonchev–Trinajstić information content (AvgIpc) is 3.09. The van der Waals surface area contributed by atoms with Crippen molar-refractivity contribution in [3.05, 3.63) is 66.0 Å². The maximum atomic E-state index is 13.0. The van der Waals surface area contributed by atoms with Gasteiger partial charge in [0.05, 0.1) is 0 Å². The van der Waals surface area contributed by atoms with Gasteiger partial charge in [0.2, 0.25) is 0 Å². The number of amides is 2. The zero-order valence-electron chi connectivity index (χ0n) is 13.5. The van der Waals surface area contributed by atoms with Crippen LogP contribution in [0.5, 0.6) is 0 Å². The standard InChI is InChI=1S/C19H22FN3O/c20-17-6-8-18(9-7-17)23-11-10-16(14-23)13-22-19(24)21-12-15-4-2-1-3-5-15/h1-9,16H,10-14H2,(H2,21,22,24). The van der Waals surface area contributed by atoms with Gasteiger partial charge in [-0.05, 0) is 42.2 Å². The molecule has 1 heterocycles. The SMILES string of the molecule is O=C(NCc1ccccc1)NCC1CCN(c2ccc(F)cc2)C1. The van der Waals surface area contributed by atoms with E-state index in [9.17, 15) is 9.18 Å². The van der Waals surface area contributed by atoms with Gasteiger partial charge in [-0.15, -0.1) is 0 Å². The van der Waals surface area contributed by atoms with E-state index in [2.05, 4.69) is 15.5 Å². The maximum absolute atomic E-state index is 13.0. The minimum atomic E-state index is -0.216. The molecule has 2 N–H and O–H groups in total. The van der Waals surface area contributed by atoms with E-state index in [1.807, 2.05) is 30.3 Å². The van der Waals surface area contributed by atoms with Gasteiger partial charge in [0, 0.05) is 31.9 Å². The molecule has 0 aliphatic carbocycles. The Hall–Kier alpha value is -2.56. The molecule has 1 fully saturated rings. The summed E-state index contributed by atoms with van der Waals surface area (Å²) in [6.45, 7) is 2.99. The van der Waals surface area contributed by atoms with Crippen LogP contribution in [0.2, 0.25) is 0 Å². The summed E-state index contributed by atoms with van der Waals surface area (Å²) < 4.78 is 13.0. The monoisotopic (exact) mass is 327 g/mol. The van der Waals surface area contributed by atoms with Crippen LogP contribution >= 0.6 is 0 Å². The van der Waals surface area contributed by atoms with Crippen molar-refractivity contribution in [2.24, 2.45) is 5.92 Å². The molecule has 1 aliphatic rings. The highest BCUT2D eigenvalue weighted by Crippen LogP contribution is 2.23. The number of anilines is 1. The van der Waals surface area contributed by atoms with Crippen molar-refractivity contribution < 1.29 is 9.18 Å². The molecule has 126 valence electrons. The van der Waals surface area contributed by atoms with Gasteiger partial charge in [0.25, 0.3) is 0 Å². The summed E-state index contributed by atoms with van der Waals surface area (Å²) in [5.41, 5.74) is 2.11. The molecule has 1 aliphatic heterocycles. The smallest absolute Gasteiger partial charge is 0.315 e. The second kappa shape index (κ2) is 7.81. The lowest BCUT2D eigenvalue weighted by Crippen LogP contribution is -2.38. The van der Waals surface area contributed by atoms with Crippen LogP contribution in [0, 0.1) is 11.7 Å². The first kappa shape index (κ1) is 16.3. The van der Waals surface area contributed by atoms with Crippen LogP contribution in [0.1, 0.15) is 12.0 Å². The second-order valence-corrected chi connectivity index (χ2v) is 6.13. The minimum Gasteiger partial charge on any atom is -0.371 e. The molecule has 1 unspecified atom stereocenters. The van der Waals surface area contributed by atoms with Crippen molar-refractivity contribution >= 4 is 11.7 Å². The van der Waals surface area contributed by atoms with Gasteiger partial charge >= 0.3 is 6.03 Å². The molecular weight excluding hydrogens is 305 g/mol. The van der Waals surface area contributed by atoms with Crippen molar-refractivity contribution in [1.82, 2.24) is 10.6 Å². The van der Waals surface area contributed by atoms with Crippen LogP contribution in [0.3, 0.4) is 0 Å². The zero-order valence-corrected chi connectivity index (χ0v) is 13.5. The number of benzene rings is 2. The average molecular weight is 327 g/mol. The third kappa shape index (κ3) is 4.47. The molecule has 2 amide bonds. The molecule has 5 heteroatoms. The molecule has 0 bridgehead atoms. The molecule has 2 aromatic carbocycles. The number of hydrogen-bond donors (Lipinski definition) is 2. The lowest BCUT2D eigenvalue weighted by atomic mass is 10.1. The zero-order chi connectivity index (χ0) is 16.8. The van der Waals surface area contributed by atoms with Crippen molar-refractivity contribution in [2.75, 3.05) is 24.5 Å². The summed E-state index contributed by atoms with van der Waals surface area (Å²) in [4.78, 5) is 14.1. The Morgan fingerprint density at radius 2 is 1.83 bits per heavy atom. The Morgan fingerprint density at radius 1 is 1.08 bits per heavy atom. The predicted molar refractivity (Wildman–Crippen MR) is 93.4 cm³/mol. The molecular formula is C19H22FN3O. The summed E-state index contributed by atoms with van der Waals surface area (Å²) in [5, 5.41) is 5.81. The van der Waals surface area contributed by atoms with Crippen LogP contribution in [0.4, 0.5) is 14.9 Å². The Balaban J connectivity index is 1.39. The van der Waals surface area contributed by atoms with Crippen LogP contribution in [0.15, 0.2) is 54.6 Å². The highest BCUT2D eigenvalue weighted by molar-refractivity contribution is 5.73. The van der Waals surface area contributed by atoms with Gasteiger partial charge < -0.3 is 15.5 Å². The van der Waals surface area contributed by atoms with Gasteiger partial charge in [0.1, 0.15) is 5.82 Å². The molecule has 0 radical (unpaired) electrons. The lowest BCUT2D eigenvalue weighted by molar-refractivity contribution is 0.239. The highest BCUT2D eigenvalue weighted by Gasteiger charge is 2.23. The van der Waals surface area contributed by atoms with Crippen molar-refractivity contribution in [3.63, 3.8) is 0 Å². The summed E-state index contributed by atoms with van der Waals surface area (Å²) >= 11 is 0. The Morgan fingerprint density at radius 3 is 2.58 bits per heavy atom. The minimum absolute atomic E-state index is 0.140. The summed E-state index contributed by atoms with van der Waals surface area (Å²) in [7, 11) is 0. The van der Waals surface area contributed by atoms with E-state index < -0.39 is 0 Å². The fourth-order valence-electron chi connectivity index (χ4n) is 2.96. The fraction of sp³-hybridized carbons (Fsp3) is 0.316. The van der Waals surface area contributed by atoms with Gasteiger partial charge in [-0.2, -0.15) is 0 Å². The molecule has 4 nitrogen and oxygen atoms in total. The number of urea groups is 1. The molecule has 24 heavy (non-hydrogen) atoms. The molecule has 3 rings (SSSR count). The summed E-state index contributed by atoms with van der Waals surface area (Å²) in [5.74, 6) is 0.198. The molecule has 1 atom stereocenters. The van der Waals surface area contributed by atoms with Crippen molar-refractivity contribution in [2.45, 2.75) is 13.0 Å². The maximum Gasteiger partial charge on any atom is 0.315 e. The Kier molecular flexibility index (Phi) is 5.31. The number of carbonyl (C=O) groups is 1. The molecule has 2 aromatic rings. The van der Waals surface area contributed by atoms with E-state index in [1.54, 1.807) is 12.1 Å². The first-order chi connectivity index (χ1) is 11.7. The van der Waals surface area contributed by atoms with Gasteiger partial charge in [-0.1, -0.05) is 30.3 Å². The molecule has 0 aromatic heterocycles. The fourth-order valence-corrected chi connectivity index (χ4v) is 2.96.